The van der Waals surface area contributed by atoms with E-state index in [2.05, 4.69) is 37.2 Å². The number of hydrogen-bond acceptors (Lipinski definition) is 4. The Balaban J connectivity index is 2.72. The summed E-state index contributed by atoms with van der Waals surface area (Å²) in [6.07, 6.45) is 0.953. The summed E-state index contributed by atoms with van der Waals surface area (Å²) < 4.78 is 5.59. The Morgan fingerprint density at radius 1 is 1.45 bits per heavy atom. The average molecular weight is 305 g/mol. The SMILES string of the molecule is COc1cccc2c1N(C(C)(C)C(=O)NN)C(C)(C)CC2C. The van der Waals surface area contributed by atoms with Crippen LogP contribution in [0.2, 0.25) is 0 Å². The molecular formula is C17H27N3O2. The Hall–Kier alpha value is -1.75. The predicted molar refractivity (Wildman–Crippen MR) is 89.0 cm³/mol. The lowest BCUT2D eigenvalue weighted by atomic mass is 9.76. The summed E-state index contributed by atoms with van der Waals surface area (Å²) in [5.74, 6) is 6.38. The van der Waals surface area contributed by atoms with Gasteiger partial charge in [0.25, 0.3) is 5.91 Å². The van der Waals surface area contributed by atoms with Crippen molar-refractivity contribution in [2.24, 2.45) is 5.84 Å². The number of nitrogens with one attached hydrogen (secondary N) is 1. The molecule has 0 saturated heterocycles. The fraction of sp³-hybridized carbons (Fsp3) is 0.588. The lowest BCUT2D eigenvalue weighted by Gasteiger charge is -2.54. The first-order valence-electron chi connectivity index (χ1n) is 7.65. The van der Waals surface area contributed by atoms with Crippen molar-refractivity contribution in [1.82, 2.24) is 5.43 Å². The summed E-state index contributed by atoms with van der Waals surface area (Å²) in [6.45, 7) is 10.3. The van der Waals surface area contributed by atoms with Gasteiger partial charge in [-0.3, -0.25) is 10.2 Å². The molecule has 2 rings (SSSR count). The van der Waals surface area contributed by atoms with Crippen LogP contribution in [0.4, 0.5) is 5.69 Å². The summed E-state index contributed by atoms with van der Waals surface area (Å²) in [5, 5.41) is 0. The number of carbonyl (C=O) groups is 1. The van der Waals surface area contributed by atoms with Crippen LogP contribution in [0.1, 0.15) is 52.5 Å². The quantitative estimate of drug-likeness (QED) is 0.511. The highest BCUT2D eigenvalue weighted by Crippen LogP contribution is 2.50. The molecule has 5 nitrogen and oxygen atoms in total. The third kappa shape index (κ3) is 2.43. The van der Waals surface area contributed by atoms with Gasteiger partial charge in [-0.1, -0.05) is 19.1 Å². The van der Waals surface area contributed by atoms with Gasteiger partial charge in [-0.05, 0) is 51.7 Å². The predicted octanol–water partition coefficient (Wildman–Crippen LogP) is 2.56. The molecule has 1 aliphatic rings. The van der Waals surface area contributed by atoms with Crippen molar-refractivity contribution in [2.75, 3.05) is 12.0 Å². The van der Waals surface area contributed by atoms with Crippen LogP contribution in [-0.4, -0.2) is 24.1 Å². The molecule has 0 spiro atoms. The number of rotatable bonds is 3. The molecule has 1 aromatic rings. The van der Waals surface area contributed by atoms with Crippen molar-refractivity contribution < 1.29 is 9.53 Å². The normalized spacial score (nSPS) is 20.3. The molecule has 122 valence electrons. The third-order valence-corrected chi connectivity index (χ3v) is 4.66. The van der Waals surface area contributed by atoms with Gasteiger partial charge >= 0.3 is 0 Å². The average Bonchev–Trinajstić information content (AvgIpc) is 2.44. The lowest BCUT2D eigenvalue weighted by molar-refractivity contribution is -0.126. The van der Waals surface area contributed by atoms with Crippen LogP contribution in [0.3, 0.4) is 0 Å². The van der Waals surface area contributed by atoms with Gasteiger partial charge < -0.3 is 9.64 Å². The second kappa shape index (κ2) is 5.47. The molecule has 3 N–H and O–H groups in total. The summed E-state index contributed by atoms with van der Waals surface area (Å²) in [4.78, 5) is 14.5. The minimum Gasteiger partial charge on any atom is -0.495 e. The molecule has 0 fully saturated rings. The zero-order valence-electron chi connectivity index (χ0n) is 14.4. The first-order valence-corrected chi connectivity index (χ1v) is 7.65. The van der Waals surface area contributed by atoms with E-state index in [9.17, 15) is 4.79 Å². The summed E-state index contributed by atoms with van der Waals surface area (Å²) in [5.41, 5.74) is 3.50. The standard InChI is InChI=1S/C17H27N3O2/c1-11-10-16(2,3)20(17(4,5)15(21)19-18)14-12(11)8-7-9-13(14)22-6/h7-9,11H,10,18H2,1-6H3,(H,19,21). The van der Waals surface area contributed by atoms with E-state index in [1.165, 1.54) is 5.56 Å². The number of amides is 1. The summed E-state index contributed by atoms with van der Waals surface area (Å²) in [7, 11) is 1.66. The van der Waals surface area contributed by atoms with Crippen molar-refractivity contribution in [3.05, 3.63) is 23.8 Å². The molecule has 5 heteroatoms. The van der Waals surface area contributed by atoms with Gasteiger partial charge in [-0.2, -0.15) is 0 Å². The highest BCUT2D eigenvalue weighted by Gasteiger charge is 2.48. The zero-order valence-corrected chi connectivity index (χ0v) is 14.4. The number of hydrazine groups is 1. The van der Waals surface area contributed by atoms with E-state index in [1.54, 1.807) is 7.11 Å². The van der Waals surface area contributed by atoms with E-state index in [0.717, 1.165) is 17.9 Å². The van der Waals surface area contributed by atoms with Gasteiger partial charge in [-0.25, -0.2) is 5.84 Å². The molecule has 0 bridgehead atoms. The molecule has 1 heterocycles. The fourth-order valence-corrected chi connectivity index (χ4v) is 3.91. The Labute approximate surface area is 132 Å². The molecule has 1 atom stereocenters. The van der Waals surface area contributed by atoms with Crippen LogP contribution < -0.4 is 20.9 Å². The van der Waals surface area contributed by atoms with Crippen molar-refractivity contribution in [2.45, 2.75) is 58.0 Å². The van der Waals surface area contributed by atoms with E-state index in [1.807, 2.05) is 26.0 Å². The minimum atomic E-state index is -0.790. The first-order chi connectivity index (χ1) is 10.2. The van der Waals surface area contributed by atoms with Gasteiger partial charge in [0.05, 0.1) is 12.8 Å². The van der Waals surface area contributed by atoms with Crippen LogP contribution in [0.15, 0.2) is 18.2 Å². The van der Waals surface area contributed by atoms with E-state index < -0.39 is 5.54 Å². The van der Waals surface area contributed by atoms with E-state index >= 15 is 0 Å². The Kier molecular flexibility index (Phi) is 4.13. The molecule has 1 amide bonds. The minimum absolute atomic E-state index is 0.197. The molecule has 22 heavy (non-hydrogen) atoms. The second-order valence-electron chi connectivity index (χ2n) is 7.18. The fourth-order valence-electron chi connectivity index (χ4n) is 3.91. The molecule has 1 aliphatic heterocycles. The maximum atomic E-state index is 12.4. The number of para-hydroxylation sites is 1. The number of hydrogen-bond donors (Lipinski definition) is 2. The van der Waals surface area contributed by atoms with E-state index in [0.29, 0.717) is 5.92 Å². The van der Waals surface area contributed by atoms with Gasteiger partial charge in [0, 0.05) is 5.54 Å². The maximum Gasteiger partial charge on any atom is 0.259 e. The van der Waals surface area contributed by atoms with Crippen LogP contribution in [0, 0.1) is 0 Å². The molecule has 1 unspecified atom stereocenters. The van der Waals surface area contributed by atoms with E-state index in [4.69, 9.17) is 10.6 Å². The number of methoxy groups -OCH3 is 1. The molecule has 1 aromatic carbocycles. The number of carbonyl (C=O) groups excluding carboxylic acids is 1. The van der Waals surface area contributed by atoms with Gasteiger partial charge in [0.1, 0.15) is 11.3 Å². The Morgan fingerprint density at radius 2 is 2.09 bits per heavy atom. The maximum absolute atomic E-state index is 12.4. The van der Waals surface area contributed by atoms with Crippen molar-refractivity contribution in [1.29, 1.82) is 0 Å². The first kappa shape index (κ1) is 16.6. The number of benzene rings is 1. The highest BCUT2D eigenvalue weighted by molar-refractivity contribution is 5.90. The number of fused-ring (bicyclic) bond motifs is 1. The van der Waals surface area contributed by atoms with Gasteiger partial charge in [0.15, 0.2) is 0 Å². The largest absolute Gasteiger partial charge is 0.495 e. The van der Waals surface area contributed by atoms with Crippen LogP contribution in [0.5, 0.6) is 5.75 Å². The molecule has 0 radical (unpaired) electrons. The third-order valence-electron chi connectivity index (χ3n) is 4.66. The van der Waals surface area contributed by atoms with Crippen LogP contribution >= 0.6 is 0 Å². The van der Waals surface area contributed by atoms with Gasteiger partial charge in [-0.15, -0.1) is 0 Å². The van der Waals surface area contributed by atoms with Crippen LogP contribution in [0.25, 0.3) is 0 Å². The Bertz CT molecular complexity index is 581. The zero-order chi connectivity index (χ0) is 16.7. The van der Waals surface area contributed by atoms with Crippen molar-refractivity contribution >= 4 is 11.6 Å². The summed E-state index contributed by atoms with van der Waals surface area (Å²) >= 11 is 0. The smallest absolute Gasteiger partial charge is 0.259 e. The monoisotopic (exact) mass is 305 g/mol. The summed E-state index contributed by atoms with van der Waals surface area (Å²) in [6, 6.07) is 6.05. The topological polar surface area (TPSA) is 67.6 Å². The molecule has 0 aromatic heterocycles. The van der Waals surface area contributed by atoms with Crippen LogP contribution in [-0.2, 0) is 4.79 Å². The van der Waals surface area contributed by atoms with Crippen molar-refractivity contribution in [3.63, 3.8) is 0 Å². The number of nitrogens with zero attached hydrogens (tertiary/aromatic N) is 1. The number of nitrogens with two attached hydrogens (primary N) is 1. The lowest BCUT2D eigenvalue weighted by Crippen LogP contribution is -2.65. The number of ether oxygens (including phenoxy) is 1. The van der Waals surface area contributed by atoms with Crippen molar-refractivity contribution in [3.8, 4) is 5.75 Å². The second-order valence-corrected chi connectivity index (χ2v) is 7.18. The molecular weight excluding hydrogens is 278 g/mol. The highest BCUT2D eigenvalue weighted by atomic mass is 16.5. The molecule has 0 saturated carbocycles. The van der Waals surface area contributed by atoms with E-state index in [-0.39, 0.29) is 11.4 Å². The Morgan fingerprint density at radius 3 is 2.64 bits per heavy atom. The molecule has 0 aliphatic carbocycles. The van der Waals surface area contributed by atoms with Gasteiger partial charge in [0.2, 0.25) is 0 Å². The number of anilines is 1.